The van der Waals surface area contributed by atoms with Crippen LogP contribution in [-0.4, -0.2) is 78.8 Å². The second-order valence-corrected chi connectivity index (χ2v) is 4.92. The largest absolute Gasteiger partial charge is 0.481 e. The minimum atomic E-state index is -0.878. The van der Waals surface area contributed by atoms with E-state index in [0.717, 1.165) is 0 Å². The number of urea groups is 1. The van der Waals surface area contributed by atoms with Crippen LogP contribution in [0, 0.1) is 5.92 Å². The molecule has 0 bridgehead atoms. The summed E-state index contributed by atoms with van der Waals surface area (Å²) in [6.07, 6.45) is 0.252. The lowest BCUT2D eigenvalue weighted by Crippen LogP contribution is -2.56. The van der Waals surface area contributed by atoms with Gasteiger partial charge in [0, 0.05) is 39.1 Å². The van der Waals surface area contributed by atoms with Gasteiger partial charge in [-0.1, -0.05) is 0 Å². The van der Waals surface area contributed by atoms with Crippen molar-refractivity contribution in [2.24, 2.45) is 5.92 Å². The number of likely N-dealkylation sites (tertiary alicyclic amines) is 1. The Morgan fingerprint density at radius 2 is 1.80 bits per heavy atom. The Kier molecular flexibility index (Phi) is 4.78. The maximum atomic E-state index is 11.8. The van der Waals surface area contributed by atoms with E-state index in [1.54, 1.807) is 4.90 Å². The van der Waals surface area contributed by atoms with Gasteiger partial charge in [-0.15, -0.1) is 0 Å². The molecule has 20 heavy (non-hydrogen) atoms. The Labute approximate surface area is 116 Å². The predicted octanol–water partition coefficient (Wildman–Crippen LogP) is -1.04. The maximum absolute atomic E-state index is 11.8. The summed E-state index contributed by atoms with van der Waals surface area (Å²) in [5.74, 6) is -1.34. The molecule has 2 aliphatic heterocycles. The van der Waals surface area contributed by atoms with Gasteiger partial charge < -0.3 is 25.0 Å². The molecule has 0 aromatic carbocycles. The summed E-state index contributed by atoms with van der Waals surface area (Å²) in [5, 5.41) is 11.3. The first-order valence-electron chi connectivity index (χ1n) is 6.69. The Morgan fingerprint density at radius 3 is 2.40 bits per heavy atom. The van der Waals surface area contributed by atoms with Gasteiger partial charge in [-0.2, -0.15) is 0 Å². The van der Waals surface area contributed by atoms with E-state index in [2.05, 4.69) is 5.32 Å². The average Bonchev–Trinajstić information content (AvgIpc) is 2.37. The third-order valence-electron chi connectivity index (χ3n) is 3.50. The standard InChI is InChI=1S/C12H19N3O5/c16-10(14-3-5-20-6-4-14)1-2-13-12(19)15-7-9(8-15)11(17)18/h9H,1-8H2,(H,13,19)(H,17,18). The molecule has 2 rings (SSSR count). The van der Waals surface area contributed by atoms with Crippen LogP contribution in [0.2, 0.25) is 0 Å². The van der Waals surface area contributed by atoms with Crippen molar-refractivity contribution in [2.45, 2.75) is 6.42 Å². The predicted molar refractivity (Wildman–Crippen MR) is 68.1 cm³/mol. The molecule has 2 N–H and O–H groups in total. The van der Waals surface area contributed by atoms with Crippen LogP contribution in [0.3, 0.4) is 0 Å². The molecule has 8 nitrogen and oxygen atoms in total. The van der Waals surface area contributed by atoms with Crippen LogP contribution in [-0.2, 0) is 14.3 Å². The lowest BCUT2D eigenvalue weighted by molar-refractivity contribution is -0.146. The van der Waals surface area contributed by atoms with Crippen LogP contribution in [0.5, 0.6) is 0 Å². The van der Waals surface area contributed by atoms with E-state index in [1.165, 1.54) is 4.90 Å². The van der Waals surface area contributed by atoms with Gasteiger partial charge in [0.2, 0.25) is 5.91 Å². The van der Waals surface area contributed by atoms with Gasteiger partial charge in [0.15, 0.2) is 0 Å². The lowest BCUT2D eigenvalue weighted by atomic mass is 10.0. The van der Waals surface area contributed by atoms with Crippen LogP contribution in [0.1, 0.15) is 6.42 Å². The Hall–Kier alpha value is -1.83. The normalized spacial score (nSPS) is 19.4. The van der Waals surface area contributed by atoms with E-state index in [9.17, 15) is 14.4 Å². The summed E-state index contributed by atoms with van der Waals surface area (Å²) in [5.41, 5.74) is 0. The van der Waals surface area contributed by atoms with Crippen LogP contribution in [0.25, 0.3) is 0 Å². The van der Waals surface area contributed by atoms with Crippen molar-refractivity contribution < 1.29 is 24.2 Å². The highest BCUT2D eigenvalue weighted by molar-refractivity contribution is 5.81. The zero-order valence-electron chi connectivity index (χ0n) is 11.2. The van der Waals surface area contributed by atoms with Crippen molar-refractivity contribution in [3.05, 3.63) is 0 Å². The molecule has 0 atom stereocenters. The topological polar surface area (TPSA) is 99.2 Å². The minimum Gasteiger partial charge on any atom is -0.481 e. The van der Waals surface area contributed by atoms with Gasteiger partial charge in [-0.3, -0.25) is 9.59 Å². The molecule has 0 saturated carbocycles. The molecule has 3 amide bonds. The lowest BCUT2D eigenvalue weighted by Gasteiger charge is -2.36. The van der Waals surface area contributed by atoms with E-state index >= 15 is 0 Å². The van der Waals surface area contributed by atoms with Crippen molar-refractivity contribution in [1.29, 1.82) is 0 Å². The highest BCUT2D eigenvalue weighted by Crippen LogP contribution is 2.15. The first-order valence-corrected chi connectivity index (χ1v) is 6.69. The van der Waals surface area contributed by atoms with Crippen LogP contribution in [0.15, 0.2) is 0 Å². The number of aliphatic carboxylic acids is 1. The number of carboxylic acid groups (broad SMARTS) is 1. The molecule has 0 radical (unpaired) electrons. The Bertz CT molecular complexity index is 389. The van der Waals surface area contributed by atoms with Crippen molar-refractivity contribution in [1.82, 2.24) is 15.1 Å². The van der Waals surface area contributed by atoms with Crippen LogP contribution >= 0.6 is 0 Å². The number of nitrogens with zero attached hydrogens (tertiary/aromatic N) is 2. The van der Waals surface area contributed by atoms with Gasteiger partial charge in [-0.05, 0) is 0 Å². The second kappa shape index (κ2) is 6.56. The summed E-state index contributed by atoms with van der Waals surface area (Å²) in [6.45, 7) is 3.05. The molecule has 0 aliphatic carbocycles. The molecular formula is C12H19N3O5. The fraction of sp³-hybridized carbons (Fsp3) is 0.750. The quantitative estimate of drug-likeness (QED) is 0.687. The minimum absolute atomic E-state index is 0.000576. The first kappa shape index (κ1) is 14.6. The molecule has 0 aromatic rings. The molecule has 0 aromatic heterocycles. The number of hydrogen-bond donors (Lipinski definition) is 2. The summed E-state index contributed by atoms with van der Waals surface area (Å²) >= 11 is 0. The highest BCUT2D eigenvalue weighted by atomic mass is 16.5. The van der Waals surface area contributed by atoms with Gasteiger partial charge in [0.1, 0.15) is 0 Å². The van der Waals surface area contributed by atoms with E-state index in [0.29, 0.717) is 26.3 Å². The fourth-order valence-corrected chi connectivity index (χ4v) is 2.16. The number of rotatable bonds is 4. The smallest absolute Gasteiger partial charge is 0.317 e. The van der Waals surface area contributed by atoms with Crippen molar-refractivity contribution >= 4 is 17.9 Å². The van der Waals surface area contributed by atoms with Crippen LogP contribution in [0.4, 0.5) is 4.79 Å². The van der Waals surface area contributed by atoms with E-state index < -0.39 is 11.9 Å². The number of hydrogen-bond acceptors (Lipinski definition) is 4. The molecule has 2 aliphatic rings. The zero-order chi connectivity index (χ0) is 14.5. The Morgan fingerprint density at radius 1 is 1.15 bits per heavy atom. The molecule has 112 valence electrons. The zero-order valence-corrected chi connectivity index (χ0v) is 11.2. The fourth-order valence-electron chi connectivity index (χ4n) is 2.16. The molecule has 2 saturated heterocycles. The molecule has 0 spiro atoms. The first-order chi connectivity index (χ1) is 9.58. The third kappa shape index (κ3) is 3.60. The SMILES string of the molecule is O=C(O)C1CN(C(=O)NCCC(=O)N2CCOCC2)C1. The molecular weight excluding hydrogens is 266 g/mol. The molecule has 2 heterocycles. The Balaban J connectivity index is 1.60. The maximum Gasteiger partial charge on any atom is 0.317 e. The van der Waals surface area contributed by atoms with E-state index in [4.69, 9.17) is 9.84 Å². The van der Waals surface area contributed by atoms with E-state index in [-0.39, 0.29) is 38.0 Å². The van der Waals surface area contributed by atoms with Gasteiger partial charge in [-0.25, -0.2) is 4.79 Å². The van der Waals surface area contributed by atoms with Crippen LogP contribution < -0.4 is 5.32 Å². The average molecular weight is 285 g/mol. The summed E-state index contributed by atoms with van der Waals surface area (Å²) in [7, 11) is 0. The second-order valence-electron chi connectivity index (χ2n) is 4.92. The monoisotopic (exact) mass is 285 g/mol. The molecule has 0 unspecified atom stereocenters. The van der Waals surface area contributed by atoms with Gasteiger partial charge in [0.25, 0.3) is 0 Å². The van der Waals surface area contributed by atoms with Crippen molar-refractivity contribution in [3.8, 4) is 0 Å². The summed E-state index contributed by atoms with van der Waals surface area (Å²) < 4.78 is 5.16. The molecule has 8 heteroatoms. The summed E-state index contributed by atoms with van der Waals surface area (Å²) in [4.78, 5) is 37.2. The van der Waals surface area contributed by atoms with Crippen molar-refractivity contribution in [3.63, 3.8) is 0 Å². The van der Waals surface area contributed by atoms with Crippen molar-refractivity contribution in [2.75, 3.05) is 45.9 Å². The van der Waals surface area contributed by atoms with E-state index in [1.807, 2.05) is 0 Å². The number of nitrogens with one attached hydrogen (secondary N) is 1. The number of carbonyl (C=O) groups excluding carboxylic acids is 2. The number of amides is 3. The number of carboxylic acids is 1. The van der Waals surface area contributed by atoms with Gasteiger partial charge >= 0.3 is 12.0 Å². The number of carbonyl (C=O) groups is 3. The molecule has 2 fully saturated rings. The third-order valence-corrected chi connectivity index (χ3v) is 3.50. The van der Waals surface area contributed by atoms with Gasteiger partial charge in [0.05, 0.1) is 19.1 Å². The highest BCUT2D eigenvalue weighted by Gasteiger charge is 2.35. The summed E-state index contributed by atoms with van der Waals surface area (Å²) in [6, 6.07) is -0.308. The number of ether oxygens (including phenoxy) is 1. The number of morpholine rings is 1.